The molecule has 0 bridgehead atoms. The molecule has 1 atom stereocenters. The van der Waals surface area contributed by atoms with Gasteiger partial charge in [0.15, 0.2) is 5.44 Å². The van der Waals surface area contributed by atoms with Crippen LogP contribution in [0.25, 0.3) is 0 Å². The zero-order valence-corrected chi connectivity index (χ0v) is 14.4. The number of hydrogen-bond acceptors (Lipinski definition) is 5. The molecule has 0 aliphatic heterocycles. The Hall–Kier alpha value is -0.170. The minimum Gasteiger partial charge on any atom is -0.375 e. The second-order valence-electron chi connectivity index (χ2n) is 5.43. The summed E-state index contributed by atoms with van der Waals surface area (Å²) < 4.78 is 26.8. The zero-order chi connectivity index (χ0) is 16.0. The standard InChI is InChI=1S/C15H32O5S/c1-3-5-6-7-8-9-10-11-12-13-14-19-20-21(17,18)15(16)4-2/h15-16H,3-14H2,1-2H3. The molecule has 0 aliphatic rings. The molecule has 0 amide bonds. The van der Waals surface area contributed by atoms with E-state index < -0.39 is 15.6 Å². The number of aliphatic hydroxyl groups excluding tert-OH is 1. The Morgan fingerprint density at radius 2 is 1.33 bits per heavy atom. The van der Waals surface area contributed by atoms with Crippen LogP contribution in [0.1, 0.15) is 84.5 Å². The molecule has 1 N–H and O–H groups in total. The van der Waals surface area contributed by atoms with Crippen molar-refractivity contribution in [1.82, 2.24) is 0 Å². The molecule has 0 fully saturated rings. The average Bonchev–Trinajstić information content (AvgIpc) is 2.47. The fourth-order valence-electron chi connectivity index (χ4n) is 2.00. The Morgan fingerprint density at radius 1 is 0.857 bits per heavy atom. The Kier molecular flexibility index (Phi) is 13.4. The number of aliphatic hydroxyl groups is 1. The molecule has 5 nitrogen and oxygen atoms in total. The van der Waals surface area contributed by atoms with Gasteiger partial charge >= 0.3 is 10.1 Å². The summed E-state index contributed by atoms with van der Waals surface area (Å²) in [5.74, 6) is 0. The smallest absolute Gasteiger partial charge is 0.320 e. The summed E-state index contributed by atoms with van der Waals surface area (Å²) >= 11 is 0. The maximum atomic E-state index is 11.2. The molecule has 0 radical (unpaired) electrons. The molecule has 0 saturated heterocycles. The van der Waals surface area contributed by atoms with E-state index in [4.69, 9.17) is 5.11 Å². The van der Waals surface area contributed by atoms with Crippen molar-refractivity contribution in [3.63, 3.8) is 0 Å². The highest BCUT2D eigenvalue weighted by Gasteiger charge is 2.22. The summed E-state index contributed by atoms with van der Waals surface area (Å²) in [6.45, 7) is 4.03. The van der Waals surface area contributed by atoms with E-state index in [9.17, 15) is 8.42 Å². The van der Waals surface area contributed by atoms with Gasteiger partial charge < -0.3 is 5.11 Å². The fourth-order valence-corrected chi connectivity index (χ4v) is 2.70. The van der Waals surface area contributed by atoms with Crippen LogP contribution in [0.3, 0.4) is 0 Å². The lowest BCUT2D eigenvalue weighted by Gasteiger charge is -2.08. The van der Waals surface area contributed by atoms with Crippen molar-refractivity contribution in [2.45, 2.75) is 89.9 Å². The maximum Gasteiger partial charge on any atom is 0.320 e. The van der Waals surface area contributed by atoms with E-state index in [-0.39, 0.29) is 13.0 Å². The van der Waals surface area contributed by atoms with Gasteiger partial charge in [-0.15, -0.1) is 4.33 Å². The fraction of sp³-hybridized carbons (Fsp3) is 1.00. The molecule has 1 unspecified atom stereocenters. The van der Waals surface area contributed by atoms with Gasteiger partial charge in [-0.25, -0.2) is 4.89 Å². The Morgan fingerprint density at radius 3 is 1.81 bits per heavy atom. The predicted molar refractivity (Wildman–Crippen MR) is 84.1 cm³/mol. The summed E-state index contributed by atoms with van der Waals surface area (Å²) in [5.41, 5.74) is -1.51. The molecule has 0 heterocycles. The van der Waals surface area contributed by atoms with Crippen molar-refractivity contribution in [3.05, 3.63) is 0 Å². The third-order valence-electron chi connectivity index (χ3n) is 3.41. The van der Waals surface area contributed by atoms with Crippen molar-refractivity contribution < 1.29 is 22.7 Å². The molecule has 0 saturated carbocycles. The predicted octanol–water partition coefficient (Wildman–Crippen LogP) is 3.91. The van der Waals surface area contributed by atoms with E-state index in [2.05, 4.69) is 16.1 Å². The summed E-state index contributed by atoms with van der Waals surface area (Å²) in [5, 5.41) is 9.17. The normalized spacial score (nSPS) is 13.5. The largest absolute Gasteiger partial charge is 0.375 e. The first-order chi connectivity index (χ1) is 10.0. The van der Waals surface area contributed by atoms with Crippen molar-refractivity contribution in [2.24, 2.45) is 0 Å². The molecule has 6 heteroatoms. The topological polar surface area (TPSA) is 72.8 Å². The first kappa shape index (κ1) is 20.8. The molecular weight excluding hydrogens is 292 g/mol. The Bertz CT molecular complexity index is 316. The summed E-state index contributed by atoms with van der Waals surface area (Å²) in [4.78, 5) is 4.65. The van der Waals surface area contributed by atoms with E-state index in [0.717, 1.165) is 19.3 Å². The lowest BCUT2D eigenvalue weighted by atomic mass is 10.1. The van der Waals surface area contributed by atoms with Crippen LogP contribution in [-0.4, -0.2) is 25.6 Å². The highest BCUT2D eigenvalue weighted by Crippen LogP contribution is 2.11. The van der Waals surface area contributed by atoms with E-state index in [1.807, 2.05) is 0 Å². The van der Waals surface area contributed by atoms with E-state index >= 15 is 0 Å². The van der Waals surface area contributed by atoms with Crippen LogP contribution in [-0.2, 0) is 19.3 Å². The van der Waals surface area contributed by atoms with Gasteiger partial charge in [0, 0.05) is 0 Å². The van der Waals surface area contributed by atoms with Crippen molar-refractivity contribution in [2.75, 3.05) is 6.61 Å². The molecule has 0 rings (SSSR count). The first-order valence-electron chi connectivity index (χ1n) is 8.27. The molecule has 0 spiro atoms. The van der Waals surface area contributed by atoms with E-state index in [1.165, 1.54) is 44.9 Å². The van der Waals surface area contributed by atoms with Crippen molar-refractivity contribution in [3.8, 4) is 0 Å². The van der Waals surface area contributed by atoms with Gasteiger partial charge in [0.1, 0.15) is 0 Å². The minimum absolute atomic E-state index is 0.0873. The highest BCUT2D eigenvalue weighted by molar-refractivity contribution is 7.87. The third kappa shape index (κ3) is 12.1. The van der Waals surface area contributed by atoms with Crippen LogP contribution in [0.4, 0.5) is 0 Å². The van der Waals surface area contributed by atoms with E-state index in [1.54, 1.807) is 6.92 Å². The monoisotopic (exact) mass is 324 g/mol. The van der Waals surface area contributed by atoms with Crippen LogP contribution in [0, 0.1) is 0 Å². The second kappa shape index (κ2) is 13.5. The summed E-state index contributed by atoms with van der Waals surface area (Å²) in [6, 6.07) is 0. The average molecular weight is 324 g/mol. The minimum atomic E-state index is -3.99. The van der Waals surface area contributed by atoms with Crippen molar-refractivity contribution in [1.29, 1.82) is 0 Å². The van der Waals surface area contributed by atoms with Gasteiger partial charge in [-0.1, -0.05) is 71.6 Å². The summed E-state index contributed by atoms with van der Waals surface area (Å²) in [6.07, 6.45) is 12.1. The highest BCUT2D eigenvalue weighted by atomic mass is 32.2. The third-order valence-corrected chi connectivity index (χ3v) is 4.69. The molecule has 128 valence electrons. The Labute approximate surface area is 130 Å². The lowest BCUT2D eigenvalue weighted by molar-refractivity contribution is -0.204. The number of unbranched alkanes of at least 4 members (excludes halogenated alkanes) is 9. The van der Waals surface area contributed by atoms with Crippen LogP contribution < -0.4 is 0 Å². The van der Waals surface area contributed by atoms with Crippen LogP contribution in [0.2, 0.25) is 0 Å². The van der Waals surface area contributed by atoms with Crippen LogP contribution >= 0.6 is 0 Å². The first-order valence-corrected chi connectivity index (χ1v) is 9.74. The maximum absolute atomic E-state index is 11.2. The molecule has 0 aromatic heterocycles. The van der Waals surface area contributed by atoms with Crippen LogP contribution in [0.15, 0.2) is 0 Å². The van der Waals surface area contributed by atoms with Gasteiger partial charge in [0.05, 0.1) is 6.61 Å². The van der Waals surface area contributed by atoms with Crippen molar-refractivity contribution >= 4 is 10.1 Å². The van der Waals surface area contributed by atoms with Gasteiger partial charge in [0.25, 0.3) is 0 Å². The number of rotatable bonds is 15. The SMILES string of the molecule is CCCCCCCCCCCCOOS(=O)(=O)C(O)CC. The second-order valence-corrected chi connectivity index (χ2v) is 7.09. The Balaban J connectivity index is 3.30. The quantitative estimate of drug-likeness (QED) is 0.281. The zero-order valence-electron chi connectivity index (χ0n) is 13.6. The lowest BCUT2D eigenvalue weighted by Crippen LogP contribution is -2.22. The molecule has 0 aromatic rings. The van der Waals surface area contributed by atoms with Gasteiger partial charge in [-0.05, 0) is 12.8 Å². The summed E-state index contributed by atoms with van der Waals surface area (Å²) in [7, 11) is -3.99. The molecule has 0 aromatic carbocycles. The van der Waals surface area contributed by atoms with E-state index in [0.29, 0.717) is 0 Å². The number of hydrogen-bond donors (Lipinski definition) is 1. The van der Waals surface area contributed by atoms with Crippen LogP contribution in [0.5, 0.6) is 0 Å². The molecule has 21 heavy (non-hydrogen) atoms. The molecule has 0 aliphatic carbocycles. The van der Waals surface area contributed by atoms with Gasteiger partial charge in [-0.3, -0.25) is 0 Å². The van der Waals surface area contributed by atoms with Gasteiger partial charge in [0.2, 0.25) is 0 Å². The van der Waals surface area contributed by atoms with Gasteiger partial charge in [-0.2, -0.15) is 8.42 Å². The molecular formula is C15H32O5S.